The lowest BCUT2D eigenvalue weighted by atomic mass is 9.99. The number of carbonyl (C=O) groups excluding carboxylic acids is 1. The number of thiocarbonyl (C=S) groups is 1. The number of hydrazine groups is 1. The molecule has 8 nitrogen and oxygen atoms in total. The molecule has 0 aromatic heterocycles. The molecule has 0 spiro atoms. The number of hydrogen-bond donors (Lipinski definition) is 3. The van der Waals surface area contributed by atoms with Gasteiger partial charge in [-0.3, -0.25) is 15.6 Å². The molecule has 2 rings (SSSR count). The van der Waals surface area contributed by atoms with E-state index in [-0.39, 0.29) is 24.5 Å². The highest BCUT2D eigenvalue weighted by Gasteiger charge is 2.30. The fourth-order valence-corrected chi connectivity index (χ4v) is 3.78. The van der Waals surface area contributed by atoms with Gasteiger partial charge in [0.25, 0.3) is 0 Å². The molecule has 132 valence electrons. The van der Waals surface area contributed by atoms with Gasteiger partial charge in [0.15, 0.2) is 5.11 Å². The molecule has 2 atom stereocenters. The smallest absolute Gasteiger partial charge is 0.242 e. The van der Waals surface area contributed by atoms with Gasteiger partial charge in [-0.2, -0.15) is 0 Å². The van der Waals surface area contributed by atoms with Gasteiger partial charge in [-0.1, -0.05) is 0 Å². The van der Waals surface area contributed by atoms with Crippen molar-refractivity contribution in [2.75, 3.05) is 32.5 Å². The van der Waals surface area contributed by atoms with Crippen molar-refractivity contribution in [3.63, 3.8) is 0 Å². The molecular weight excluding hydrogens is 340 g/mol. The normalized spacial score (nSPS) is 25.8. The first kappa shape index (κ1) is 18.4. The van der Waals surface area contributed by atoms with Crippen molar-refractivity contribution in [1.82, 2.24) is 20.5 Å². The Balaban J connectivity index is 1.70. The maximum absolute atomic E-state index is 12.1. The zero-order chi connectivity index (χ0) is 16.9. The molecule has 0 unspecified atom stereocenters. The van der Waals surface area contributed by atoms with Gasteiger partial charge in [-0.25, -0.2) is 12.7 Å². The summed E-state index contributed by atoms with van der Waals surface area (Å²) in [6.45, 7) is 2.06. The van der Waals surface area contributed by atoms with E-state index in [1.54, 1.807) is 0 Å². The Hall–Kier alpha value is -0.970. The first-order valence-corrected chi connectivity index (χ1v) is 10.0. The Labute approximate surface area is 142 Å². The molecule has 0 radical (unpaired) electrons. The van der Waals surface area contributed by atoms with Gasteiger partial charge in [0, 0.05) is 26.2 Å². The Kier molecular flexibility index (Phi) is 6.57. The predicted octanol–water partition coefficient (Wildman–Crippen LogP) is -0.668. The number of nitrogens with one attached hydrogen (secondary N) is 3. The number of piperidine rings is 1. The van der Waals surface area contributed by atoms with Crippen molar-refractivity contribution in [1.29, 1.82) is 0 Å². The van der Waals surface area contributed by atoms with Gasteiger partial charge in [0.2, 0.25) is 15.9 Å². The summed E-state index contributed by atoms with van der Waals surface area (Å²) in [4.78, 5) is 12.1. The minimum atomic E-state index is -3.26. The number of nitrogens with zero attached hydrogens (tertiary/aromatic N) is 1. The Morgan fingerprint density at radius 2 is 2.09 bits per heavy atom. The molecule has 1 amide bonds. The summed E-state index contributed by atoms with van der Waals surface area (Å²) in [5, 5.41) is 3.31. The molecular formula is C13H24N4O4S2. The van der Waals surface area contributed by atoms with Crippen molar-refractivity contribution >= 4 is 33.3 Å². The first-order valence-electron chi connectivity index (χ1n) is 7.76. The zero-order valence-corrected chi connectivity index (χ0v) is 14.8. The third-order valence-corrected chi connectivity index (χ3v) is 5.55. The minimum Gasteiger partial charge on any atom is -0.376 e. The van der Waals surface area contributed by atoms with Crippen molar-refractivity contribution in [2.45, 2.75) is 31.8 Å². The van der Waals surface area contributed by atoms with Crippen LogP contribution in [0.2, 0.25) is 0 Å². The van der Waals surface area contributed by atoms with Crippen LogP contribution in [0.3, 0.4) is 0 Å². The van der Waals surface area contributed by atoms with Crippen LogP contribution in [0.1, 0.15) is 25.7 Å². The maximum atomic E-state index is 12.1. The summed E-state index contributed by atoms with van der Waals surface area (Å²) >= 11 is 5.09. The third kappa shape index (κ3) is 5.87. The van der Waals surface area contributed by atoms with Crippen molar-refractivity contribution in [3.8, 4) is 0 Å². The molecule has 2 aliphatic rings. The van der Waals surface area contributed by atoms with E-state index in [4.69, 9.17) is 17.0 Å². The molecule has 2 aliphatic heterocycles. The highest BCUT2D eigenvalue weighted by atomic mass is 32.2. The number of ether oxygens (including phenoxy) is 1. The van der Waals surface area contributed by atoms with Crippen LogP contribution in [0.4, 0.5) is 0 Å². The number of carbonyl (C=O) groups is 1. The second kappa shape index (κ2) is 8.22. The summed E-state index contributed by atoms with van der Waals surface area (Å²) in [6, 6.07) is 0. The third-order valence-electron chi connectivity index (χ3n) is 4.04. The van der Waals surface area contributed by atoms with Crippen LogP contribution in [0, 0.1) is 5.92 Å². The Bertz CT molecular complexity index is 534. The van der Waals surface area contributed by atoms with E-state index in [1.165, 1.54) is 4.31 Å². The summed E-state index contributed by atoms with van der Waals surface area (Å²) in [7, 11) is -3.26. The molecule has 23 heavy (non-hydrogen) atoms. The zero-order valence-electron chi connectivity index (χ0n) is 13.2. The van der Waals surface area contributed by atoms with Crippen LogP contribution in [-0.4, -0.2) is 62.3 Å². The second-order valence-electron chi connectivity index (χ2n) is 5.92. The van der Waals surface area contributed by atoms with Crippen LogP contribution in [0.25, 0.3) is 0 Å². The van der Waals surface area contributed by atoms with E-state index in [9.17, 15) is 13.2 Å². The van der Waals surface area contributed by atoms with E-state index < -0.39 is 10.0 Å². The summed E-state index contributed by atoms with van der Waals surface area (Å²) in [5.41, 5.74) is 5.20. The molecule has 2 saturated heterocycles. The fraction of sp³-hybridized carbons (Fsp3) is 0.846. The standard InChI is InChI=1S/C13H24N4O4S2/c1-23(19,20)17-6-2-4-10(9-17)12(18)15-16-13(22)14-8-11-5-3-7-21-11/h10-11H,2-9H2,1H3,(H,15,18)(H2,14,16,22)/t10-,11-/m0/s1. The molecule has 3 N–H and O–H groups in total. The predicted molar refractivity (Wildman–Crippen MR) is 90.0 cm³/mol. The molecule has 0 bridgehead atoms. The lowest BCUT2D eigenvalue weighted by molar-refractivity contribution is -0.126. The number of hydrogen-bond acceptors (Lipinski definition) is 5. The quantitative estimate of drug-likeness (QED) is 0.449. The van der Waals surface area contributed by atoms with Crippen LogP contribution in [-0.2, 0) is 19.6 Å². The van der Waals surface area contributed by atoms with Gasteiger partial charge in [0.05, 0.1) is 18.3 Å². The van der Waals surface area contributed by atoms with E-state index in [1.807, 2.05) is 0 Å². The maximum Gasteiger partial charge on any atom is 0.242 e. The summed E-state index contributed by atoms with van der Waals surface area (Å²) in [5.74, 6) is -0.619. The van der Waals surface area contributed by atoms with Crippen LogP contribution >= 0.6 is 12.2 Å². The Morgan fingerprint density at radius 1 is 1.30 bits per heavy atom. The van der Waals surface area contributed by atoms with Gasteiger partial charge in [-0.05, 0) is 37.9 Å². The number of amides is 1. The largest absolute Gasteiger partial charge is 0.376 e. The number of rotatable bonds is 4. The van der Waals surface area contributed by atoms with Gasteiger partial charge >= 0.3 is 0 Å². The van der Waals surface area contributed by atoms with E-state index >= 15 is 0 Å². The first-order chi connectivity index (χ1) is 10.9. The molecule has 0 aromatic rings. The Morgan fingerprint density at radius 3 is 2.74 bits per heavy atom. The van der Waals surface area contributed by atoms with E-state index in [0.717, 1.165) is 25.7 Å². The van der Waals surface area contributed by atoms with Gasteiger partial charge in [-0.15, -0.1) is 0 Å². The minimum absolute atomic E-state index is 0.159. The average molecular weight is 364 g/mol. The lowest BCUT2D eigenvalue weighted by Gasteiger charge is -2.30. The SMILES string of the molecule is CS(=O)(=O)N1CCC[C@H](C(=O)NNC(=S)NC[C@@H]2CCCO2)C1. The topological polar surface area (TPSA) is 99.8 Å². The lowest BCUT2D eigenvalue weighted by Crippen LogP contribution is -2.52. The van der Waals surface area contributed by atoms with Crippen molar-refractivity contribution in [3.05, 3.63) is 0 Å². The van der Waals surface area contributed by atoms with Gasteiger partial charge in [0.1, 0.15) is 0 Å². The van der Waals surface area contributed by atoms with Gasteiger partial charge < -0.3 is 10.1 Å². The van der Waals surface area contributed by atoms with Crippen LogP contribution < -0.4 is 16.2 Å². The van der Waals surface area contributed by atoms with Crippen LogP contribution in [0.5, 0.6) is 0 Å². The highest BCUT2D eigenvalue weighted by Crippen LogP contribution is 2.18. The molecule has 2 heterocycles. The van der Waals surface area contributed by atoms with E-state index in [0.29, 0.717) is 31.0 Å². The molecule has 0 aromatic carbocycles. The monoisotopic (exact) mass is 364 g/mol. The molecule has 2 fully saturated rings. The molecule has 0 aliphatic carbocycles. The highest BCUT2D eigenvalue weighted by molar-refractivity contribution is 7.88. The molecule has 10 heteroatoms. The second-order valence-corrected chi connectivity index (χ2v) is 8.31. The number of sulfonamides is 1. The van der Waals surface area contributed by atoms with Crippen molar-refractivity contribution in [2.24, 2.45) is 5.92 Å². The van der Waals surface area contributed by atoms with E-state index in [2.05, 4.69) is 16.2 Å². The van der Waals surface area contributed by atoms with Crippen molar-refractivity contribution < 1.29 is 17.9 Å². The molecule has 0 saturated carbocycles. The fourth-order valence-electron chi connectivity index (χ4n) is 2.73. The van der Waals surface area contributed by atoms with Crippen LogP contribution in [0.15, 0.2) is 0 Å². The summed E-state index contributed by atoms with van der Waals surface area (Å²) in [6.07, 6.45) is 4.72. The average Bonchev–Trinajstić information content (AvgIpc) is 3.03. The summed E-state index contributed by atoms with van der Waals surface area (Å²) < 4.78 is 29.9.